The molecular weight excluding hydrogens is 388 g/mol. The minimum atomic E-state index is -0.0239. The first-order chi connectivity index (χ1) is 14.2. The number of carbonyl (C=O) groups is 1. The van der Waals surface area contributed by atoms with E-state index in [9.17, 15) is 4.79 Å². The Kier molecular flexibility index (Phi) is 4.75. The number of likely N-dealkylation sites (tertiary alicyclic amines) is 1. The number of hydrogen-bond acceptors (Lipinski definition) is 6. The SMILES string of the molecule is COc1cc(C(=O)N2CCCC[C@@H]2c2nc3ccccc3s2)cc2c1OCCO2. The smallest absolute Gasteiger partial charge is 0.254 e. The number of carbonyl (C=O) groups excluding carboxylic acids is 1. The predicted octanol–water partition coefficient (Wildman–Crippen LogP) is 4.44. The van der Waals surface area contributed by atoms with Crippen LogP contribution in [0, 0.1) is 0 Å². The summed E-state index contributed by atoms with van der Waals surface area (Å²) in [5.74, 6) is 1.63. The minimum Gasteiger partial charge on any atom is -0.493 e. The quantitative estimate of drug-likeness (QED) is 0.639. The molecule has 2 aliphatic rings. The maximum absolute atomic E-state index is 13.5. The number of aromatic nitrogens is 1. The Hall–Kier alpha value is -2.80. The van der Waals surface area contributed by atoms with Gasteiger partial charge in [-0.05, 0) is 43.5 Å². The predicted molar refractivity (Wildman–Crippen MR) is 111 cm³/mol. The lowest BCUT2D eigenvalue weighted by Crippen LogP contribution is -2.38. The van der Waals surface area contributed by atoms with Crippen LogP contribution >= 0.6 is 11.3 Å². The summed E-state index contributed by atoms with van der Waals surface area (Å²) in [6.45, 7) is 1.66. The first kappa shape index (κ1) is 18.2. The largest absolute Gasteiger partial charge is 0.493 e. The highest BCUT2D eigenvalue weighted by molar-refractivity contribution is 7.18. The molecule has 0 aliphatic carbocycles. The van der Waals surface area contributed by atoms with Crippen molar-refractivity contribution in [3.63, 3.8) is 0 Å². The summed E-state index contributed by atoms with van der Waals surface area (Å²) in [6, 6.07) is 11.6. The fraction of sp³-hybridized carbons (Fsp3) is 0.364. The minimum absolute atomic E-state index is 0.00662. The van der Waals surface area contributed by atoms with Gasteiger partial charge in [-0.1, -0.05) is 12.1 Å². The lowest BCUT2D eigenvalue weighted by atomic mass is 10.0. The van der Waals surface area contributed by atoms with E-state index < -0.39 is 0 Å². The van der Waals surface area contributed by atoms with Crippen LogP contribution in [0.15, 0.2) is 36.4 Å². The zero-order valence-electron chi connectivity index (χ0n) is 16.2. The van der Waals surface area contributed by atoms with Gasteiger partial charge in [-0.15, -0.1) is 11.3 Å². The fourth-order valence-corrected chi connectivity index (χ4v) is 5.14. The molecule has 29 heavy (non-hydrogen) atoms. The fourth-order valence-electron chi connectivity index (χ4n) is 4.03. The van der Waals surface area contributed by atoms with Crippen LogP contribution in [0.1, 0.15) is 40.7 Å². The highest BCUT2D eigenvalue weighted by Crippen LogP contribution is 2.42. The molecule has 1 aromatic heterocycles. The molecular formula is C22H22N2O4S. The lowest BCUT2D eigenvalue weighted by molar-refractivity contribution is 0.0610. The van der Waals surface area contributed by atoms with E-state index in [1.54, 1.807) is 30.6 Å². The molecule has 3 aromatic rings. The third-order valence-electron chi connectivity index (χ3n) is 5.43. The van der Waals surface area contributed by atoms with Gasteiger partial charge in [-0.2, -0.15) is 0 Å². The second-order valence-corrected chi connectivity index (χ2v) is 8.29. The van der Waals surface area contributed by atoms with E-state index in [2.05, 4.69) is 6.07 Å². The summed E-state index contributed by atoms with van der Waals surface area (Å²) in [5, 5.41) is 1.00. The maximum Gasteiger partial charge on any atom is 0.254 e. The standard InChI is InChI=1S/C22H22N2O4S/c1-26-17-12-14(13-18-20(17)28-11-10-27-18)22(25)24-9-5-4-7-16(24)21-23-15-6-2-3-8-19(15)29-21/h2-3,6,8,12-13,16H,4-5,7,9-11H2,1H3/t16-/m1/s1. The van der Waals surface area contributed by atoms with E-state index >= 15 is 0 Å². The second-order valence-electron chi connectivity index (χ2n) is 7.23. The molecule has 1 atom stereocenters. The van der Waals surface area contributed by atoms with Crippen LogP contribution in [0.5, 0.6) is 17.2 Å². The Labute approximate surface area is 173 Å². The van der Waals surface area contributed by atoms with Crippen molar-refractivity contribution < 1.29 is 19.0 Å². The molecule has 150 valence electrons. The van der Waals surface area contributed by atoms with Crippen LogP contribution in [-0.2, 0) is 0 Å². The van der Waals surface area contributed by atoms with Crippen molar-refractivity contribution in [3.8, 4) is 17.2 Å². The van der Waals surface area contributed by atoms with Crippen LogP contribution in [-0.4, -0.2) is 42.7 Å². The lowest BCUT2D eigenvalue weighted by Gasteiger charge is -2.35. The Balaban J connectivity index is 1.50. The van der Waals surface area contributed by atoms with Crippen molar-refractivity contribution >= 4 is 27.5 Å². The molecule has 1 saturated heterocycles. The number of methoxy groups -OCH3 is 1. The number of piperidine rings is 1. The van der Waals surface area contributed by atoms with Gasteiger partial charge in [0.05, 0.1) is 23.4 Å². The molecule has 1 amide bonds. The number of amides is 1. The summed E-state index contributed by atoms with van der Waals surface area (Å²) in [6.07, 6.45) is 3.01. The van der Waals surface area contributed by atoms with Gasteiger partial charge < -0.3 is 19.1 Å². The van der Waals surface area contributed by atoms with Gasteiger partial charge in [0.15, 0.2) is 11.5 Å². The molecule has 1 fully saturated rings. The normalized spacial score (nSPS) is 18.7. The topological polar surface area (TPSA) is 60.9 Å². The summed E-state index contributed by atoms with van der Waals surface area (Å²) < 4.78 is 18.0. The molecule has 0 bridgehead atoms. The molecule has 6 nitrogen and oxygen atoms in total. The monoisotopic (exact) mass is 410 g/mol. The van der Waals surface area contributed by atoms with E-state index in [1.165, 1.54) is 0 Å². The van der Waals surface area contributed by atoms with Crippen molar-refractivity contribution in [2.45, 2.75) is 25.3 Å². The van der Waals surface area contributed by atoms with Crippen molar-refractivity contribution in [1.82, 2.24) is 9.88 Å². The molecule has 3 heterocycles. The van der Waals surface area contributed by atoms with Crippen LogP contribution < -0.4 is 14.2 Å². The number of thiazole rings is 1. The number of nitrogens with zero attached hydrogens (tertiary/aromatic N) is 2. The Bertz CT molecular complexity index is 1010. The van der Waals surface area contributed by atoms with Gasteiger partial charge in [0.25, 0.3) is 5.91 Å². The van der Waals surface area contributed by atoms with E-state index in [0.29, 0.717) is 36.0 Å². The van der Waals surface area contributed by atoms with E-state index in [1.807, 2.05) is 23.1 Å². The zero-order valence-corrected chi connectivity index (χ0v) is 17.0. The summed E-state index contributed by atoms with van der Waals surface area (Å²) >= 11 is 1.68. The van der Waals surface area contributed by atoms with Crippen molar-refractivity contribution in [3.05, 3.63) is 47.0 Å². The van der Waals surface area contributed by atoms with E-state index in [4.69, 9.17) is 19.2 Å². The molecule has 2 aliphatic heterocycles. The van der Waals surface area contributed by atoms with Crippen molar-refractivity contribution in [2.24, 2.45) is 0 Å². The molecule has 7 heteroatoms. The van der Waals surface area contributed by atoms with Gasteiger partial charge in [-0.3, -0.25) is 4.79 Å². The highest BCUT2D eigenvalue weighted by Gasteiger charge is 2.32. The van der Waals surface area contributed by atoms with E-state index in [-0.39, 0.29) is 11.9 Å². The van der Waals surface area contributed by atoms with Crippen LogP contribution in [0.4, 0.5) is 0 Å². The van der Waals surface area contributed by atoms with Crippen LogP contribution in [0.3, 0.4) is 0 Å². The molecule has 0 N–H and O–H groups in total. The van der Waals surface area contributed by atoms with Gasteiger partial charge in [-0.25, -0.2) is 4.98 Å². The van der Waals surface area contributed by atoms with Gasteiger partial charge >= 0.3 is 0 Å². The first-order valence-corrected chi connectivity index (χ1v) is 10.7. The van der Waals surface area contributed by atoms with Crippen LogP contribution in [0.2, 0.25) is 0 Å². The van der Waals surface area contributed by atoms with Crippen molar-refractivity contribution in [2.75, 3.05) is 26.9 Å². The average molecular weight is 410 g/mol. The molecule has 0 radical (unpaired) electrons. The number of fused-ring (bicyclic) bond motifs is 2. The summed E-state index contributed by atoms with van der Waals surface area (Å²) in [7, 11) is 1.58. The number of rotatable bonds is 3. The van der Waals surface area contributed by atoms with Crippen LogP contribution in [0.25, 0.3) is 10.2 Å². The number of benzene rings is 2. The summed E-state index contributed by atoms with van der Waals surface area (Å²) in [5.41, 5.74) is 1.55. The second kappa shape index (κ2) is 7.55. The maximum atomic E-state index is 13.5. The number of para-hydroxylation sites is 1. The molecule has 0 saturated carbocycles. The highest BCUT2D eigenvalue weighted by atomic mass is 32.1. The third-order valence-corrected chi connectivity index (χ3v) is 6.57. The first-order valence-electron chi connectivity index (χ1n) is 9.88. The van der Waals surface area contributed by atoms with Crippen molar-refractivity contribution in [1.29, 1.82) is 0 Å². The van der Waals surface area contributed by atoms with Gasteiger partial charge in [0.2, 0.25) is 5.75 Å². The van der Waals surface area contributed by atoms with E-state index in [0.717, 1.165) is 41.0 Å². The number of hydrogen-bond donors (Lipinski definition) is 0. The third kappa shape index (κ3) is 3.29. The molecule has 0 unspecified atom stereocenters. The van der Waals surface area contributed by atoms with Gasteiger partial charge in [0, 0.05) is 12.1 Å². The zero-order chi connectivity index (χ0) is 19.8. The average Bonchev–Trinajstić information content (AvgIpc) is 3.22. The molecule has 0 spiro atoms. The summed E-state index contributed by atoms with van der Waals surface area (Å²) in [4.78, 5) is 20.3. The Morgan fingerprint density at radius 3 is 2.93 bits per heavy atom. The Morgan fingerprint density at radius 2 is 2.07 bits per heavy atom. The Morgan fingerprint density at radius 1 is 1.21 bits per heavy atom. The molecule has 5 rings (SSSR count). The number of ether oxygens (including phenoxy) is 3. The van der Waals surface area contributed by atoms with Gasteiger partial charge in [0.1, 0.15) is 18.2 Å². The molecule has 2 aromatic carbocycles.